The van der Waals surface area contributed by atoms with E-state index in [9.17, 15) is 4.79 Å². The number of hydrogen-bond acceptors (Lipinski definition) is 2. The fourth-order valence-corrected chi connectivity index (χ4v) is 2.23. The van der Waals surface area contributed by atoms with Gasteiger partial charge in [0.15, 0.2) is 0 Å². The van der Waals surface area contributed by atoms with E-state index in [1.807, 2.05) is 36.4 Å². The summed E-state index contributed by atoms with van der Waals surface area (Å²) in [4.78, 5) is 15.9. The number of nitrogens with zero attached hydrogens (tertiary/aromatic N) is 1. The number of para-hydroxylation sites is 1. The topological polar surface area (TPSA) is 42.0 Å². The molecule has 1 amide bonds. The van der Waals surface area contributed by atoms with Gasteiger partial charge in [0.1, 0.15) is 0 Å². The Balaban J connectivity index is 1.92. The van der Waals surface area contributed by atoms with E-state index in [2.05, 4.69) is 10.3 Å². The van der Waals surface area contributed by atoms with Gasteiger partial charge in [0.2, 0.25) is 5.91 Å². The Hall–Kier alpha value is -2.16. The van der Waals surface area contributed by atoms with Crippen LogP contribution in [0.4, 0.5) is 5.69 Å². The summed E-state index contributed by atoms with van der Waals surface area (Å²) in [6.45, 7) is 0. The van der Waals surface area contributed by atoms with Gasteiger partial charge in [-0.15, -0.1) is 0 Å². The Kier molecular flexibility index (Phi) is 2.37. The SMILES string of the molecule is O=C1Nc2ccccc2[C@H]1Cc1ccncc1. The zero-order chi connectivity index (χ0) is 11.7. The van der Waals surface area contributed by atoms with Crippen LogP contribution in [0, 0.1) is 0 Å². The fraction of sp³-hybridized carbons (Fsp3) is 0.143. The van der Waals surface area contributed by atoms with Crippen LogP contribution in [0.15, 0.2) is 48.8 Å². The van der Waals surface area contributed by atoms with Crippen LogP contribution < -0.4 is 5.32 Å². The van der Waals surface area contributed by atoms with Crippen molar-refractivity contribution in [1.29, 1.82) is 0 Å². The Labute approximate surface area is 99.5 Å². The molecule has 0 spiro atoms. The molecule has 1 aliphatic rings. The highest BCUT2D eigenvalue weighted by atomic mass is 16.2. The van der Waals surface area contributed by atoms with E-state index in [1.165, 1.54) is 0 Å². The predicted octanol–water partition coefficient (Wildman–Crippen LogP) is 2.36. The van der Waals surface area contributed by atoms with E-state index in [0.29, 0.717) is 0 Å². The first-order valence-corrected chi connectivity index (χ1v) is 5.63. The lowest BCUT2D eigenvalue weighted by atomic mass is 9.94. The van der Waals surface area contributed by atoms with Gasteiger partial charge in [0.25, 0.3) is 0 Å². The van der Waals surface area contributed by atoms with Crippen molar-refractivity contribution in [3.8, 4) is 0 Å². The molecule has 17 heavy (non-hydrogen) atoms. The second-order valence-electron chi connectivity index (χ2n) is 4.19. The number of fused-ring (bicyclic) bond motifs is 1. The van der Waals surface area contributed by atoms with Crippen LogP contribution in [0.5, 0.6) is 0 Å². The van der Waals surface area contributed by atoms with E-state index in [0.717, 1.165) is 23.2 Å². The molecule has 1 atom stereocenters. The third-order valence-corrected chi connectivity index (χ3v) is 3.10. The molecule has 3 nitrogen and oxygen atoms in total. The van der Waals surface area contributed by atoms with Crippen LogP contribution in [-0.2, 0) is 11.2 Å². The first kappa shape index (κ1) is 10.0. The summed E-state index contributed by atoms with van der Waals surface area (Å²) < 4.78 is 0. The number of carbonyl (C=O) groups is 1. The molecule has 1 aliphatic heterocycles. The maximum Gasteiger partial charge on any atom is 0.232 e. The smallest absolute Gasteiger partial charge is 0.232 e. The molecule has 0 fully saturated rings. The summed E-state index contributed by atoms with van der Waals surface area (Å²) in [5, 5.41) is 2.91. The molecular formula is C14H12N2O. The van der Waals surface area contributed by atoms with Gasteiger partial charge in [-0.3, -0.25) is 9.78 Å². The monoisotopic (exact) mass is 224 g/mol. The van der Waals surface area contributed by atoms with Gasteiger partial charge in [-0.25, -0.2) is 0 Å². The molecule has 0 aliphatic carbocycles. The van der Waals surface area contributed by atoms with Gasteiger partial charge < -0.3 is 5.32 Å². The molecule has 0 unspecified atom stereocenters. The minimum atomic E-state index is -0.0754. The van der Waals surface area contributed by atoms with Crippen molar-refractivity contribution in [2.75, 3.05) is 5.32 Å². The highest BCUT2D eigenvalue weighted by Crippen LogP contribution is 2.34. The van der Waals surface area contributed by atoms with Crippen molar-refractivity contribution >= 4 is 11.6 Å². The summed E-state index contributed by atoms with van der Waals surface area (Å²) in [5.74, 6) is 0.0108. The number of benzene rings is 1. The minimum Gasteiger partial charge on any atom is -0.325 e. The predicted molar refractivity (Wildman–Crippen MR) is 65.8 cm³/mol. The Morgan fingerprint density at radius 2 is 1.88 bits per heavy atom. The van der Waals surface area contributed by atoms with Gasteiger partial charge in [0, 0.05) is 18.1 Å². The summed E-state index contributed by atoms with van der Waals surface area (Å²) in [7, 11) is 0. The molecule has 0 saturated heterocycles. The number of amides is 1. The van der Waals surface area contributed by atoms with Gasteiger partial charge in [0.05, 0.1) is 5.92 Å². The second kappa shape index (κ2) is 4.01. The number of anilines is 1. The van der Waals surface area contributed by atoms with Gasteiger partial charge in [-0.2, -0.15) is 0 Å². The lowest BCUT2D eigenvalue weighted by Crippen LogP contribution is -2.14. The summed E-state index contributed by atoms with van der Waals surface area (Å²) in [5.41, 5.74) is 3.17. The van der Waals surface area contributed by atoms with E-state index < -0.39 is 0 Å². The molecule has 84 valence electrons. The average molecular weight is 224 g/mol. The van der Waals surface area contributed by atoms with E-state index in [-0.39, 0.29) is 11.8 Å². The van der Waals surface area contributed by atoms with E-state index in [4.69, 9.17) is 0 Å². The second-order valence-corrected chi connectivity index (χ2v) is 4.19. The average Bonchev–Trinajstić information content (AvgIpc) is 2.68. The summed E-state index contributed by atoms with van der Waals surface area (Å²) in [6.07, 6.45) is 4.24. The van der Waals surface area contributed by atoms with Gasteiger partial charge in [-0.05, 0) is 35.7 Å². The van der Waals surface area contributed by atoms with Gasteiger partial charge in [-0.1, -0.05) is 18.2 Å². The molecule has 1 aromatic carbocycles. The molecule has 1 aromatic heterocycles. The van der Waals surface area contributed by atoms with Crippen LogP contribution in [0.2, 0.25) is 0 Å². The van der Waals surface area contributed by atoms with Crippen molar-refractivity contribution in [3.63, 3.8) is 0 Å². The largest absolute Gasteiger partial charge is 0.325 e. The van der Waals surface area contributed by atoms with Crippen molar-refractivity contribution < 1.29 is 4.79 Å². The van der Waals surface area contributed by atoms with Crippen LogP contribution >= 0.6 is 0 Å². The number of rotatable bonds is 2. The molecular weight excluding hydrogens is 212 g/mol. The number of aromatic nitrogens is 1. The zero-order valence-electron chi connectivity index (χ0n) is 9.26. The maximum absolute atomic E-state index is 11.9. The Morgan fingerprint density at radius 1 is 1.12 bits per heavy atom. The van der Waals surface area contributed by atoms with Crippen LogP contribution in [0.3, 0.4) is 0 Å². The van der Waals surface area contributed by atoms with Gasteiger partial charge >= 0.3 is 0 Å². The Morgan fingerprint density at radius 3 is 2.71 bits per heavy atom. The molecule has 3 heteroatoms. The standard InChI is InChI=1S/C14H12N2O/c17-14-12(9-10-5-7-15-8-6-10)11-3-1-2-4-13(11)16-14/h1-8,12H,9H2,(H,16,17)/t12-/m1/s1. The third kappa shape index (κ3) is 1.80. The molecule has 0 saturated carbocycles. The quantitative estimate of drug-likeness (QED) is 0.850. The van der Waals surface area contributed by atoms with Crippen molar-refractivity contribution in [1.82, 2.24) is 4.98 Å². The first-order chi connectivity index (χ1) is 8.34. The van der Waals surface area contributed by atoms with Crippen molar-refractivity contribution in [2.24, 2.45) is 0 Å². The minimum absolute atomic E-state index is 0.0754. The number of hydrogen-bond donors (Lipinski definition) is 1. The van der Waals surface area contributed by atoms with E-state index in [1.54, 1.807) is 12.4 Å². The van der Waals surface area contributed by atoms with E-state index >= 15 is 0 Å². The molecule has 2 aromatic rings. The van der Waals surface area contributed by atoms with Crippen molar-refractivity contribution in [3.05, 3.63) is 59.9 Å². The zero-order valence-corrected chi connectivity index (χ0v) is 9.26. The maximum atomic E-state index is 11.9. The molecule has 0 radical (unpaired) electrons. The number of carbonyl (C=O) groups excluding carboxylic acids is 1. The highest BCUT2D eigenvalue weighted by Gasteiger charge is 2.29. The van der Waals surface area contributed by atoms with Crippen LogP contribution in [0.25, 0.3) is 0 Å². The lowest BCUT2D eigenvalue weighted by Gasteiger charge is -2.08. The number of pyridine rings is 1. The third-order valence-electron chi connectivity index (χ3n) is 3.10. The molecule has 2 heterocycles. The summed E-state index contributed by atoms with van der Waals surface area (Å²) in [6, 6.07) is 11.8. The Bertz CT molecular complexity index is 551. The van der Waals surface area contributed by atoms with Crippen LogP contribution in [0.1, 0.15) is 17.0 Å². The normalized spacial score (nSPS) is 17.6. The lowest BCUT2D eigenvalue weighted by molar-refractivity contribution is -0.117. The number of nitrogens with one attached hydrogen (secondary N) is 1. The van der Waals surface area contributed by atoms with Crippen molar-refractivity contribution in [2.45, 2.75) is 12.3 Å². The fourth-order valence-electron chi connectivity index (χ4n) is 2.23. The molecule has 3 rings (SSSR count). The first-order valence-electron chi connectivity index (χ1n) is 5.63. The highest BCUT2D eigenvalue weighted by molar-refractivity contribution is 6.02. The summed E-state index contributed by atoms with van der Waals surface area (Å²) >= 11 is 0. The molecule has 1 N–H and O–H groups in total. The van der Waals surface area contributed by atoms with Crippen LogP contribution in [-0.4, -0.2) is 10.9 Å². The molecule has 0 bridgehead atoms.